The van der Waals surface area contributed by atoms with Crippen LogP contribution in [0, 0.1) is 5.92 Å². The van der Waals surface area contributed by atoms with E-state index in [-0.39, 0.29) is 12.1 Å². The maximum Gasteiger partial charge on any atom is 0.0744 e. The molecule has 0 aromatic carbocycles. The lowest BCUT2D eigenvalue weighted by molar-refractivity contribution is 0.0431. The fraction of sp³-hybridized carbons (Fsp3) is 1.00. The smallest absolute Gasteiger partial charge is 0.0744 e. The maximum atomic E-state index is 5.80. The van der Waals surface area contributed by atoms with Crippen LogP contribution in [0.2, 0.25) is 0 Å². The zero-order valence-corrected chi connectivity index (χ0v) is 7.42. The van der Waals surface area contributed by atoms with Gasteiger partial charge in [-0.05, 0) is 12.3 Å². The molecule has 0 saturated heterocycles. The summed E-state index contributed by atoms with van der Waals surface area (Å²) in [5.74, 6) is 0.514. The van der Waals surface area contributed by atoms with E-state index >= 15 is 0 Å². The molecule has 0 heterocycles. The Morgan fingerprint density at radius 2 is 1.90 bits per heavy atom. The summed E-state index contributed by atoms with van der Waals surface area (Å²) in [7, 11) is 1.72. The van der Waals surface area contributed by atoms with Crippen molar-refractivity contribution in [2.45, 2.75) is 39.3 Å². The summed E-state index contributed by atoms with van der Waals surface area (Å²) in [6, 6.07) is 0.185. The van der Waals surface area contributed by atoms with Gasteiger partial charge in [0.15, 0.2) is 0 Å². The molecule has 2 atom stereocenters. The zero-order chi connectivity index (χ0) is 8.15. The molecule has 2 N–H and O–H groups in total. The van der Waals surface area contributed by atoms with Crippen molar-refractivity contribution in [3.05, 3.63) is 0 Å². The quantitative estimate of drug-likeness (QED) is 0.649. The van der Waals surface area contributed by atoms with Crippen molar-refractivity contribution in [2.24, 2.45) is 11.7 Å². The van der Waals surface area contributed by atoms with E-state index < -0.39 is 0 Å². The van der Waals surface area contributed by atoms with Crippen LogP contribution in [0.5, 0.6) is 0 Å². The first-order chi connectivity index (χ1) is 4.63. The zero-order valence-electron chi connectivity index (χ0n) is 7.42. The highest BCUT2D eigenvalue weighted by atomic mass is 16.5. The molecule has 2 nitrogen and oxygen atoms in total. The third kappa shape index (κ3) is 2.67. The Balaban J connectivity index is 3.80. The lowest BCUT2D eigenvalue weighted by atomic mass is 9.98. The highest BCUT2D eigenvalue weighted by molar-refractivity contribution is 4.74. The third-order valence-corrected chi connectivity index (χ3v) is 1.82. The molecule has 0 amide bonds. The van der Waals surface area contributed by atoms with Crippen molar-refractivity contribution in [3.63, 3.8) is 0 Å². The number of hydrogen-bond donors (Lipinski definition) is 1. The van der Waals surface area contributed by atoms with Crippen LogP contribution in [-0.4, -0.2) is 19.3 Å². The van der Waals surface area contributed by atoms with E-state index in [1.165, 1.54) is 0 Å². The van der Waals surface area contributed by atoms with Crippen molar-refractivity contribution >= 4 is 0 Å². The van der Waals surface area contributed by atoms with Crippen LogP contribution in [0.1, 0.15) is 27.2 Å². The van der Waals surface area contributed by atoms with Crippen molar-refractivity contribution in [3.8, 4) is 0 Å². The van der Waals surface area contributed by atoms with Crippen LogP contribution in [-0.2, 0) is 4.74 Å². The van der Waals surface area contributed by atoms with E-state index in [1.807, 2.05) is 0 Å². The summed E-state index contributed by atoms with van der Waals surface area (Å²) in [5, 5.41) is 0. The van der Waals surface area contributed by atoms with E-state index in [0.717, 1.165) is 6.42 Å². The Morgan fingerprint density at radius 1 is 1.40 bits per heavy atom. The Labute approximate surface area is 63.7 Å². The fourth-order valence-electron chi connectivity index (χ4n) is 1.17. The monoisotopic (exact) mass is 145 g/mol. The first kappa shape index (κ1) is 9.92. The van der Waals surface area contributed by atoms with E-state index in [4.69, 9.17) is 10.5 Å². The maximum absolute atomic E-state index is 5.80. The molecule has 0 aromatic rings. The molecule has 0 spiro atoms. The second-order valence-corrected chi connectivity index (χ2v) is 3.02. The molecule has 0 aliphatic carbocycles. The van der Waals surface area contributed by atoms with Gasteiger partial charge in [-0.3, -0.25) is 0 Å². The van der Waals surface area contributed by atoms with E-state index in [0.29, 0.717) is 5.92 Å². The molecule has 0 saturated carbocycles. The summed E-state index contributed by atoms with van der Waals surface area (Å²) in [6.45, 7) is 6.34. The van der Waals surface area contributed by atoms with Crippen molar-refractivity contribution in [1.29, 1.82) is 0 Å². The topological polar surface area (TPSA) is 35.2 Å². The van der Waals surface area contributed by atoms with Crippen LogP contribution < -0.4 is 5.73 Å². The van der Waals surface area contributed by atoms with Crippen LogP contribution in [0.3, 0.4) is 0 Å². The Bertz CT molecular complexity index is 83.3. The normalized spacial score (nSPS) is 17.4. The molecule has 0 aliphatic rings. The van der Waals surface area contributed by atoms with E-state index in [9.17, 15) is 0 Å². The van der Waals surface area contributed by atoms with Crippen LogP contribution in [0.15, 0.2) is 0 Å². The van der Waals surface area contributed by atoms with Gasteiger partial charge in [-0.2, -0.15) is 0 Å². The standard InChI is InChI=1S/C8H19NO/c1-5-7(9)8(10-4)6(2)3/h6-8H,5,9H2,1-4H3. The van der Waals surface area contributed by atoms with E-state index in [1.54, 1.807) is 7.11 Å². The first-order valence-corrected chi connectivity index (χ1v) is 3.91. The van der Waals surface area contributed by atoms with Gasteiger partial charge in [0.1, 0.15) is 0 Å². The molecular weight excluding hydrogens is 126 g/mol. The second-order valence-electron chi connectivity index (χ2n) is 3.02. The number of rotatable bonds is 4. The minimum Gasteiger partial charge on any atom is -0.380 e. The highest BCUT2D eigenvalue weighted by Gasteiger charge is 2.18. The van der Waals surface area contributed by atoms with Gasteiger partial charge in [0.25, 0.3) is 0 Å². The highest BCUT2D eigenvalue weighted by Crippen LogP contribution is 2.10. The van der Waals surface area contributed by atoms with Crippen LogP contribution >= 0.6 is 0 Å². The molecule has 0 radical (unpaired) electrons. The number of methoxy groups -OCH3 is 1. The van der Waals surface area contributed by atoms with E-state index in [2.05, 4.69) is 20.8 Å². The van der Waals surface area contributed by atoms with Crippen LogP contribution in [0.4, 0.5) is 0 Å². The predicted octanol–water partition coefficient (Wildman–Crippen LogP) is 1.39. The van der Waals surface area contributed by atoms with Gasteiger partial charge in [0, 0.05) is 13.2 Å². The Morgan fingerprint density at radius 3 is 2.00 bits per heavy atom. The largest absolute Gasteiger partial charge is 0.380 e. The average Bonchev–Trinajstić information content (AvgIpc) is 1.88. The molecule has 0 bridgehead atoms. The van der Waals surface area contributed by atoms with Crippen molar-refractivity contribution in [2.75, 3.05) is 7.11 Å². The van der Waals surface area contributed by atoms with Gasteiger partial charge in [-0.25, -0.2) is 0 Å². The van der Waals surface area contributed by atoms with Gasteiger partial charge in [0.2, 0.25) is 0 Å². The van der Waals surface area contributed by atoms with Gasteiger partial charge < -0.3 is 10.5 Å². The Kier molecular flexibility index (Phi) is 4.65. The number of ether oxygens (including phenoxy) is 1. The van der Waals surface area contributed by atoms with Crippen molar-refractivity contribution < 1.29 is 4.74 Å². The summed E-state index contributed by atoms with van der Waals surface area (Å²) in [5.41, 5.74) is 5.80. The molecule has 10 heavy (non-hydrogen) atoms. The third-order valence-electron chi connectivity index (χ3n) is 1.82. The molecule has 0 aliphatic heterocycles. The summed E-state index contributed by atoms with van der Waals surface area (Å²) in [4.78, 5) is 0. The minimum absolute atomic E-state index is 0.185. The molecular formula is C8H19NO. The van der Waals surface area contributed by atoms with Gasteiger partial charge in [-0.1, -0.05) is 20.8 Å². The Hall–Kier alpha value is -0.0800. The van der Waals surface area contributed by atoms with Crippen LogP contribution in [0.25, 0.3) is 0 Å². The predicted molar refractivity (Wildman–Crippen MR) is 43.9 cm³/mol. The summed E-state index contributed by atoms with van der Waals surface area (Å²) in [6.07, 6.45) is 1.20. The van der Waals surface area contributed by atoms with Gasteiger partial charge in [-0.15, -0.1) is 0 Å². The fourth-order valence-corrected chi connectivity index (χ4v) is 1.17. The summed E-state index contributed by atoms with van der Waals surface area (Å²) >= 11 is 0. The lowest BCUT2D eigenvalue weighted by Gasteiger charge is -2.24. The van der Waals surface area contributed by atoms with Gasteiger partial charge >= 0.3 is 0 Å². The lowest BCUT2D eigenvalue weighted by Crippen LogP contribution is -2.39. The second kappa shape index (κ2) is 4.69. The summed E-state index contributed by atoms with van der Waals surface area (Å²) < 4.78 is 5.24. The number of hydrogen-bond acceptors (Lipinski definition) is 2. The molecule has 62 valence electrons. The molecule has 0 fully saturated rings. The average molecular weight is 145 g/mol. The van der Waals surface area contributed by atoms with Crippen molar-refractivity contribution in [1.82, 2.24) is 0 Å². The minimum atomic E-state index is 0.185. The number of nitrogens with two attached hydrogens (primary N) is 1. The first-order valence-electron chi connectivity index (χ1n) is 3.91. The SMILES string of the molecule is CCC(N)C(OC)C(C)C. The molecule has 0 aromatic heterocycles. The molecule has 2 heteroatoms. The molecule has 0 rings (SSSR count). The molecule has 2 unspecified atom stereocenters. The van der Waals surface area contributed by atoms with Gasteiger partial charge in [0.05, 0.1) is 6.10 Å².